The van der Waals surface area contributed by atoms with Crippen molar-refractivity contribution >= 4 is 101 Å². The van der Waals surface area contributed by atoms with E-state index in [4.69, 9.17) is 0 Å². The molecule has 0 saturated carbocycles. The maximum Gasteiger partial charge on any atom is 0.252 e. The number of anilines is 6. The lowest BCUT2D eigenvalue weighted by molar-refractivity contribution is 0.410. The third-order valence-electron chi connectivity index (χ3n) is 26.2. The molecule has 15 aromatic rings. The Morgan fingerprint density at radius 2 is 0.471 bits per heavy atom. The van der Waals surface area contributed by atoms with Gasteiger partial charge in [0.25, 0.3) is 6.71 Å². The minimum absolute atomic E-state index is 0.000758. The van der Waals surface area contributed by atoms with E-state index in [-0.39, 0.29) is 37.9 Å². The van der Waals surface area contributed by atoms with E-state index < -0.39 is 53.9 Å². The van der Waals surface area contributed by atoms with Crippen molar-refractivity contribution in [2.75, 3.05) is 9.80 Å². The summed E-state index contributed by atoms with van der Waals surface area (Å²) in [6.45, 7) is 72.7. The predicted molar refractivity (Wildman–Crippen MR) is 606 cm³/mol. The van der Waals surface area contributed by atoms with Crippen LogP contribution in [0.4, 0.5) is 34.1 Å². The van der Waals surface area contributed by atoms with E-state index >= 15 is 0 Å². The molecule has 0 unspecified atom stereocenters. The Bertz CT molecular complexity index is 7010. The van der Waals surface area contributed by atoms with Gasteiger partial charge < -0.3 is 18.9 Å². The van der Waals surface area contributed by atoms with Gasteiger partial charge >= 0.3 is 0 Å². The van der Waals surface area contributed by atoms with Crippen molar-refractivity contribution in [3.05, 3.63) is 304 Å². The molecule has 17 rings (SSSR count). The first kappa shape index (κ1) is 88.5. The van der Waals surface area contributed by atoms with Crippen molar-refractivity contribution in [3.63, 3.8) is 0 Å². The van der Waals surface area contributed by atoms with Crippen LogP contribution in [0.2, 0.25) is 0 Å². The molecule has 2 aromatic heterocycles. The van der Waals surface area contributed by atoms with Crippen LogP contribution in [0.25, 0.3) is 99.5 Å². The molecule has 0 saturated heterocycles. The molecule has 4 heterocycles. The number of hydrogen-bond donors (Lipinski definition) is 0. The van der Waals surface area contributed by atoms with Crippen LogP contribution in [0.15, 0.2) is 243 Å². The second-order valence-corrected chi connectivity index (χ2v) is 53.8. The van der Waals surface area contributed by atoms with Gasteiger partial charge in [0.2, 0.25) is 0 Å². The van der Waals surface area contributed by atoms with Crippen molar-refractivity contribution in [2.45, 2.75) is 299 Å². The fraction of sp³-hybridized carbons (Fsp3) is 0.414. The highest BCUT2D eigenvalue weighted by Gasteiger charge is 2.46. The summed E-state index contributed by atoms with van der Waals surface area (Å²) >= 11 is 0. The maximum absolute atomic E-state index is 9.96. The molecule has 4 nitrogen and oxygen atoms in total. The van der Waals surface area contributed by atoms with Crippen molar-refractivity contribution in [1.82, 2.24) is 9.13 Å². The van der Waals surface area contributed by atoms with Crippen molar-refractivity contribution in [1.29, 1.82) is 0 Å². The van der Waals surface area contributed by atoms with E-state index in [0.717, 1.165) is 177 Å². The molecular formula is C133H161BN4. The highest BCUT2D eigenvalue weighted by molar-refractivity contribution is 7.00. The molecule has 0 aliphatic carbocycles. The fourth-order valence-electron chi connectivity index (χ4n) is 22.1. The molecule has 138 heavy (non-hydrogen) atoms. The summed E-state index contributed by atoms with van der Waals surface area (Å²) in [6, 6.07) is 92.2. The smallest absolute Gasteiger partial charge is 0.252 e. The predicted octanol–water partition coefficient (Wildman–Crippen LogP) is 36.1. The van der Waals surface area contributed by atoms with Gasteiger partial charge in [0, 0.05) is 77.8 Å². The molecule has 0 spiro atoms. The van der Waals surface area contributed by atoms with E-state index in [9.17, 15) is 11.0 Å². The van der Waals surface area contributed by atoms with Gasteiger partial charge in [-0.15, -0.1) is 0 Å². The maximum atomic E-state index is 9.96. The SMILES string of the molecule is [2H]C([2H])(c1ccc2c(c1)c1cc(C([2H])([2H])C(C)(C)C)ccc1n2-c1ccc2c(c1)N(c1cc(-c3cccc(CC(C)(C)C)c3)c(CC(C)(C)C)cc1-c1cccc(CC(C)(C)C)c1)c1cc(CC(C)(C)C)cc3c1B2c1ccc(-n2c4ccc(C([2H])([2H])C(C)(C)C)cc4c4cc(C([2H])([2H])C(C)(C)C)ccc42)cc1N3c1cc(-c2cccc(CC(C)(C)C)c2)c(CC(C)(C)C)cc1-c1cccc(CC(C)(C)C)c1)C(C)(C)C. The van der Waals surface area contributed by atoms with Crippen LogP contribution in [0.1, 0.15) is 301 Å². The van der Waals surface area contributed by atoms with Gasteiger partial charge in [0.15, 0.2) is 0 Å². The molecule has 5 heteroatoms. The van der Waals surface area contributed by atoms with Crippen LogP contribution in [-0.4, -0.2) is 15.8 Å². The zero-order valence-electron chi connectivity index (χ0n) is 97.9. The van der Waals surface area contributed by atoms with E-state index in [1.807, 2.05) is 107 Å². The lowest BCUT2D eigenvalue weighted by Gasteiger charge is -2.46. The average Bonchev–Trinajstić information content (AvgIpc) is 1.65. The summed E-state index contributed by atoms with van der Waals surface area (Å²) in [4.78, 5) is 5.40. The molecule has 0 bridgehead atoms. The number of aromatic nitrogens is 2. The van der Waals surface area contributed by atoms with Crippen LogP contribution in [0.5, 0.6) is 0 Å². The summed E-state index contributed by atoms with van der Waals surface area (Å²) in [5, 5.41) is 3.35. The standard InChI is InChI=1S/C133H161BN4/c1-123(2,3)74-85-38-34-42-94(58-85)102-72-116(104(68-98(102)83-132(28,29)30)96-44-36-40-87(60-96)76-125(7,8)9)137-118-70-100(135-112-54-46-89(78-127(13,14)15)62-106(112)107-63-90(47-55-113(107)135)79-128(16,17)18)50-52-110(118)134-111-53-51-101(136-114-56-48-91(80-129(19,20)21)64-108(114)109-65-92(49-57-115(109)136)81-130(22,23)24)71-119(111)138(121-67-93(82-131(25,26)27)66-120(137)122(121)134)117-73-103(95-43-35-39-86(59-95)75-124(4,5)6)99(84-133(31,32)33)69-105(117)97-45-37-41-88(61-97)77-126(10,11)12/h34-73H,74-84H2,1-33H3/i78D2,79D2,80D2,81D2. The normalized spacial score (nSPS) is 15.1. The molecule has 0 radical (unpaired) electrons. The van der Waals surface area contributed by atoms with Gasteiger partial charge in [-0.05, 0) is 350 Å². The summed E-state index contributed by atoms with van der Waals surface area (Å²) in [5.74, 6) is 0. The Labute approximate surface area is 843 Å². The van der Waals surface area contributed by atoms with Gasteiger partial charge in [-0.2, -0.15) is 0 Å². The molecule has 2 aliphatic rings. The van der Waals surface area contributed by atoms with E-state index in [1.54, 1.807) is 0 Å². The second-order valence-electron chi connectivity index (χ2n) is 53.8. The molecule has 716 valence electrons. The number of fused-ring (bicyclic) bond motifs is 10. The Morgan fingerprint density at radius 1 is 0.210 bits per heavy atom. The first-order chi connectivity index (χ1) is 67.2. The summed E-state index contributed by atoms with van der Waals surface area (Å²) < 4.78 is 84.4. The number of rotatable bonds is 19. The highest BCUT2D eigenvalue weighted by Crippen LogP contribution is 2.55. The minimum Gasteiger partial charge on any atom is -0.311 e. The third-order valence-corrected chi connectivity index (χ3v) is 26.2. The molecule has 0 fully saturated rings. The lowest BCUT2D eigenvalue weighted by Crippen LogP contribution is -2.61. The van der Waals surface area contributed by atoms with Crippen molar-refractivity contribution in [2.24, 2.45) is 59.6 Å². The molecule has 0 N–H and O–H groups in total. The summed E-state index contributed by atoms with van der Waals surface area (Å²) in [6.07, 6.45) is -1.26. The minimum atomic E-state index is -1.76. The number of benzene rings is 13. The Balaban J connectivity index is 1.10. The molecule has 13 aromatic carbocycles. The van der Waals surface area contributed by atoms with Crippen LogP contribution in [0.3, 0.4) is 0 Å². The Kier molecular flexibility index (Phi) is 22.9. The van der Waals surface area contributed by atoms with Gasteiger partial charge in [0.05, 0.1) is 33.4 Å². The fourth-order valence-corrected chi connectivity index (χ4v) is 22.1. The Hall–Kier alpha value is -10.9. The topological polar surface area (TPSA) is 16.3 Å². The van der Waals surface area contributed by atoms with Crippen LogP contribution < -0.4 is 26.2 Å². The first-order valence-electron chi connectivity index (χ1n) is 55.2. The van der Waals surface area contributed by atoms with Crippen LogP contribution in [-0.2, 0) is 70.4 Å². The zero-order chi connectivity index (χ0) is 107. The molecule has 0 atom stereocenters. The van der Waals surface area contributed by atoms with Gasteiger partial charge in [-0.25, -0.2) is 0 Å². The summed E-state index contributed by atoms with van der Waals surface area (Å²) in [5.41, 5.74) is 31.1. The van der Waals surface area contributed by atoms with E-state index in [0.29, 0.717) is 28.7 Å². The molecule has 2 aliphatic heterocycles. The third kappa shape index (κ3) is 22.3. The average molecular weight is 1830 g/mol. The quantitative estimate of drug-likeness (QED) is 0.0750. The largest absolute Gasteiger partial charge is 0.311 e. The summed E-state index contributed by atoms with van der Waals surface area (Å²) in [7, 11) is 0. The highest BCUT2D eigenvalue weighted by atomic mass is 15.2. The van der Waals surface area contributed by atoms with E-state index in [1.165, 1.54) is 50.1 Å². The van der Waals surface area contributed by atoms with Crippen molar-refractivity contribution < 1.29 is 11.0 Å². The second kappa shape index (κ2) is 35.7. The Morgan fingerprint density at radius 3 is 0.732 bits per heavy atom. The lowest BCUT2D eigenvalue weighted by atomic mass is 9.33. The number of nitrogens with zero attached hydrogens (tertiary/aromatic N) is 4. The zero-order valence-corrected chi connectivity index (χ0v) is 89.9. The molecule has 0 amide bonds. The molecular weight excluding hydrogens is 1660 g/mol. The van der Waals surface area contributed by atoms with Gasteiger partial charge in [0.1, 0.15) is 0 Å². The van der Waals surface area contributed by atoms with E-state index in [2.05, 4.69) is 383 Å². The van der Waals surface area contributed by atoms with Gasteiger partial charge in [-0.3, -0.25) is 0 Å². The van der Waals surface area contributed by atoms with Gasteiger partial charge in [-0.1, -0.05) is 362 Å². The van der Waals surface area contributed by atoms with Crippen LogP contribution >= 0.6 is 0 Å². The van der Waals surface area contributed by atoms with Crippen molar-refractivity contribution in [3.8, 4) is 55.9 Å². The number of hydrogen-bond acceptors (Lipinski definition) is 2. The van der Waals surface area contributed by atoms with Crippen LogP contribution in [0, 0.1) is 59.6 Å². The monoisotopic (exact) mass is 1830 g/mol. The first-order valence-corrected chi connectivity index (χ1v) is 51.2.